The molecule has 0 saturated carbocycles. The number of primary amides is 1. The molecular formula is C8H6N2O2. The van der Waals surface area contributed by atoms with E-state index in [0.29, 0.717) is 16.7 Å². The topological polar surface area (TPSA) is 69.1 Å². The largest absolute Gasteiger partial charge is 0.462 e. The van der Waals surface area contributed by atoms with E-state index >= 15 is 0 Å². The highest BCUT2D eigenvalue weighted by Gasteiger charge is 2.08. The maximum atomic E-state index is 10.8. The van der Waals surface area contributed by atoms with E-state index in [2.05, 4.69) is 4.98 Å². The Hall–Kier alpha value is -1.84. The molecule has 0 saturated heterocycles. The number of rotatable bonds is 1. The van der Waals surface area contributed by atoms with Crippen LogP contribution in [0.4, 0.5) is 0 Å². The van der Waals surface area contributed by atoms with Gasteiger partial charge in [0.1, 0.15) is 5.52 Å². The zero-order valence-electron chi connectivity index (χ0n) is 6.15. The molecule has 60 valence electrons. The molecule has 0 fully saturated rings. The minimum atomic E-state index is -0.502. The van der Waals surface area contributed by atoms with Crippen LogP contribution in [0.3, 0.4) is 0 Å². The first-order chi connectivity index (χ1) is 5.79. The molecule has 12 heavy (non-hydrogen) atoms. The van der Waals surface area contributed by atoms with Gasteiger partial charge in [0.05, 0.1) is 11.8 Å². The maximum absolute atomic E-state index is 10.8. The number of furan rings is 1. The number of amides is 1. The third-order valence-corrected chi connectivity index (χ3v) is 1.61. The van der Waals surface area contributed by atoms with E-state index in [0.717, 1.165) is 0 Å². The number of nitrogens with two attached hydrogens (primary N) is 1. The molecule has 0 bridgehead atoms. The quantitative estimate of drug-likeness (QED) is 0.678. The van der Waals surface area contributed by atoms with Crippen molar-refractivity contribution < 1.29 is 9.21 Å². The zero-order chi connectivity index (χ0) is 8.55. The Kier molecular flexibility index (Phi) is 1.33. The lowest BCUT2D eigenvalue weighted by atomic mass is 10.2. The number of carbonyl (C=O) groups is 1. The summed E-state index contributed by atoms with van der Waals surface area (Å²) < 4.78 is 5.05. The molecule has 0 aliphatic carbocycles. The van der Waals surface area contributed by atoms with Crippen molar-refractivity contribution in [2.24, 2.45) is 5.73 Å². The SMILES string of the molecule is NC(=O)c1ccnc2ccoc12. The molecule has 2 aromatic heterocycles. The van der Waals surface area contributed by atoms with E-state index in [9.17, 15) is 4.79 Å². The van der Waals surface area contributed by atoms with E-state index in [1.165, 1.54) is 18.5 Å². The molecule has 0 atom stereocenters. The number of aromatic nitrogens is 1. The summed E-state index contributed by atoms with van der Waals surface area (Å²) in [5, 5.41) is 0. The van der Waals surface area contributed by atoms with Crippen LogP contribution in [0.5, 0.6) is 0 Å². The average molecular weight is 162 g/mol. The number of carbonyl (C=O) groups excluding carboxylic acids is 1. The molecule has 0 aliphatic rings. The van der Waals surface area contributed by atoms with Gasteiger partial charge in [-0.1, -0.05) is 0 Å². The molecule has 4 nitrogen and oxygen atoms in total. The van der Waals surface area contributed by atoms with Crippen molar-refractivity contribution in [2.75, 3.05) is 0 Å². The molecule has 2 aromatic rings. The third-order valence-electron chi connectivity index (χ3n) is 1.61. The van der Waals surface area contributed by atoms with Gasteiger partial charge in [-0.05, 0) is 6.07 Å². The van der Waals surface area contributed by atoms with Crippen molar-refractivity contribution in [3.05, 3.63) is 30.2 Å². The van der Waals surface area contributed by atoms with Gasteiger partial charge >= 0.3 is 0 Å². The normalized spacial score (nSPS) is 10.3. The maximum Gasteiger partial charge on any atom is 0.252 e. The number of fused-ring (bicyclic) bond motifs is 1. The van der Waals surface area contributed by atoms with Crippen LogP contribution in [0.2, 0.25) is 0 Å². The lowest BCUT2D eigenvalue weighted by Crippen LogP contribution is -2.11. The first kappa shape index (κ1) is 6.84. The summed E-state index contributed by atoms with van der Waals surface area (Å²) in [5.41, 5.74) is 6.57. The Morgan fingerprint density at radius 1 is 1.50 bits per heavy atom. The highest BCUT2D eigenvalue weighted by molar-refractivity contribution is 6.02. The summed E-state index contributed by atoms with van der Waals surface area (Å²) in [5.74, 6) is -0.502. The number of nitrogens with zero attached hydrogens (tertiary/aromatic N) is 1. The van der Waals surface area contributed by atoms with Crippen molar-refractivity contribution in [1.82, 2.24) is 4.98 Å². The molecule has 0 spiro atoms. The summed E-state index contributed by atoms with van der Waals surface area (Å²) in [6.45, 7) is 0. The van der Waals surface area contributed by atoms with Crippen molar-refractivity contribution in [1.29, 1.82) is 0 Å². The minimum absolute atomic E-state index is 0.366. The predicted octanol–water partition coefficient (Wildman–Crippen LogP) is 0.927. The van der Waals surface area contributed by atoms with Crippen molar-refractivity contribution in [2.45, 2.75) is 0 Å². The molecular weight excluding hydrogens is 156 g/mol. The fourth-order valence-corrected chi connectivity index (χ4v) is 1.07. The Bertz CT molecular complexity index is 433. The third kappa shape index (κ3) is 0.852. The van der Waals surface area contributed by atoms with E-state index < -0.39 is 5.91 Å². The predicted molar refractivity (Wildman–Crippen MR) is 42.5 cm³/mol. The van der Waals surface area contributed by atoms with Gasteiger partial charge in [-0.2, -0.15) is 0 Å². The van der Waals surface area contributed by atoms with Crippen LogP contribution in [-0.2, 0) is 0 Å². The molecule has 0 aromatic carbocycles. The molecule has 2 rings (SSSR count). The summed E-state index contributed by atoms with van der Waals surface area (Å²) in [6.07, 6.45) is 3.00. The molecule has 0 aliphatic heterocycles. The van der Waals surface area contributed by atoms with Crippen LogP contribution in [0.15, 0.2) is 29.0 Å². The van der Waals surface area contributed by atoms with Crippen LogP contribution in [0.25, 0.3) is 11.1 Å². The fraction of sp³-hybridized carbons (Fsp3) is 0. The van der Waals surface area contributed by atoms with E-state index in [-0.39, 0.29) is 0 Å². The molecule has 0 radical (unpaired) electrons. The summed E-state index contributed by atoms with van der Waals surface area (Å²) in [4.78, 5) is 14.8. The van der Waals surface area contributed by atoms with Gasteiger partial charge in [-0.15, -0.1) is 0 Å². The van der Waals surface area contributed by atoms with Gasteiger partial charge in [-0.3, -0.25) is 9.78 Å². The molecule has 2 N–H and O–H groups in total. The lowest BCUT2D eigenvalue weighted by molar-refractivity contribution is 0.100. The first-order valence-corrected chi connectivity index (χ1v) is 3.41. The highest BCUT2D eigenvalue weighted by atomic mass is 16.3. The molecule has 2 heterocycles. The standard InChI is InChI=1S/C8H6N2O2/c9-8(11)5-1-3-10-6-2-4-12-7(5)6/h1-4H,(H2,9,11). The van der Waals surface area contributed by atoms with Gasteiger partial charge in [-0.25, -0.2) is 0 Å². The van der Waals surface area contributed by atoms with Gasteiger partial charge in [0, 0.05) is 12.3 Å². The van der Waals surface area contributed by atoms with Gasteiger partial charge in [0.25, 0.3) is 5.91 Å². The Morgan fingerprint density at radius 3 is 3.08 bits per heavy atom. The number of hydrogen-bond donors (Lipinski definition) is 1. The first-order valence-electron chi connectivity index (χ1n) is 3.41. The molecule has 0 unspecified atom stereocenters. The van der Waals surface area contributed by atoms with Gasteiger partial charge < -0.3 is 10.2 Å². The number of pyridine rings is 1. The summed E-state index contributed by atoms with van der Waals surface area (Å²) >= 11 is 0. The highest BCUT2D eigenvalue weighted by Crippen LogP contribution is 2.16. The molecule has 4 heteroatoms. The minimum Gasteiger partial charge on any atom is -0.462 e. The van der Waals surface area contributed by atoms with Crippen LogP contribution in [0.1, 0.15) is 10.4 Å². The average Bonchev–Trinajstić information content (AvgIpc) is 2.49. The van der Waals surface area contributed by atoms with Crippen LogP contribution < -0.4 is 5.73 Å². The Balaban J connectivity index is 2.82. The Labute approximate surface area is 68.0 Å². The second kappa shape index (κ2) is 2.34. The van der Waals surface area contributed by atoms with Gasteiger partial charge in [0.2, 0.25) is 0 Å². The van der Waals surface area contributed by atoms with Crippen molar-refractivity contribution in [3.8, 4) is 0 Å². The monoisotopic (exact) mass is 162 g/mol. The smallest absolute Gasteiger partial charge is 0.252 e. The van der Waals surface area contributed by atoms with Crippen molar-refractivity contribution in [3.63, 3.8) is 0 Å². The Morgan fingerprint density at radius 2 is 2.33 bits per heavy atom. The van der Waals surface area contributed by atoms with E-state index in [1.807, 2.05) is 0 Å². The van der Waals surface area contributed by atoms with E-state index in [4.69, 9.17) is 10.2 Å². The zero-order valence-corrected chi connectivity index (χ0v) is 6.15. The van der Waals surface area contributed by atoms with Crippen LogP contribution >= 0.6 is 0 Å². The van der Waals surface area contributed by atoms with Crippen LogP contribution in [-0.4, -0.2) is 10.9 Å². The summed E-state index contributed by atoms with van der Waals surface area (Å²) in [6, 6.07) is 3.22. The van der Waals surface area contributed by atoms with Gasteiger partial charge in [0.15, 0.2) is 5.58 Å². The molecule has 1 amide bonds. The number of hydrogen-bond acceptors (Lipinski definition) is 3. The second-order valence-electron chi connectivity index (χ2n) is 2.36. The fourth-order valence-electron chi connectivity index (χ4n) is 1.07. The summed E-state index contributed by atoms with van der Waals surface area (Å²) in [7, 11) is 0. The second-order valence-corrected chi connectivity index (χ2v) is 2.36. The van der Waals surface area contributed by atoms with Crippen molar-refractivity contribution >= 4 is 17.0 Å². The van der Waals surface area contributed by atoms with Crippen LogP contribution in [0, 0.1) is 0 Å². The lowest BCUT2D eigenvalue weighted by Gasteiger charge is -1.93. The van der Waals surface area contributed by atoms with E-state index in [1.54, 1.807) is 6.07 Å².